The summed E-state index contributed by atoms with van der Waals surface area (Å²) in [6, 6.07) is 0. The molecule has 0 bridgehead atoms. The lowest BCUT2D eigenvalue weighted by Crippen LogP contribution is -2.22. The van der Waals surface area contributed by atoms with Crippen molar-refractivity contribution in [2.75, 3.05) is 26.2 Å². The molecule has 0 rings (SSSR count). The van der Waals surface area contributed by atoms with Gasteiger partial charge in [0.15, 0.2) is 0 Å². The zero-order valence-corrected chi connectivity index (χ0v) is 6.88. The summed E-state index contributed by atoms with van der Waals surface area (Å²) >= 11 is 0. The fourth-order valence-corrected chi connectivity index (χ4v) is 0.780. The molecule has 1 N–H and O–H groups in total. The second-order valence-corrected chi connectivity index (χ2v) is 2.14. The van der Waals surface area contributed by atoms with Crippen LogP contribution in [0.4, 0.5) is 0 Å². The third-order valence-electron chi connectivity index (χ3n) is 1.53. The summed E-state index contributed by atoms with van der Waals surface area (Å²) in [5, 5.41) is 8.42. The molecule has 60 valence electrons. The maximum absolute atomic E-state index is 8.42. The van der Waals surface area contributed by atoms with E-state index in [0.717, 1.165) is 19.6 Å². The van der Waals surface area contributed by atoms with Crippen molar-refractivity contribution in [3.05, 3.63) is 12.2 Å². The second-order valence-electron chi connectivity index (χ2n) is 2.14. The molecule has 0 radical (unpaired) electrons. The molecular formula is C8H17NO. The minimum Gasteiger partial charge on any atom is -0.392 e. The quantitative estimate of drug-likeness (QED) is 0.577. The summed E-state index contributed by atoms with van der Waals surface area (Å²) < 4.78 is 0. The monoisotopic (exact) mass is 143 g/mol. The first kappa shape index (κ1) is 9.66. The number of rotatable bonds is 5. The predicted molar refractivity (Wildman–Crippen MR) is 44.0 cm³/mol. The Hall–Kier alpha value is -0.340. The molecular weight excluding hydrogens is 126 g/mol. The largest absolute Gasteiger partial charge is 0.392 e. The van der Waals surface area contributed by atoms with Crippen LogP contribution in [0.1, 0.15) is 13.8 Å². The van der Waals surface area contributed by atoms with Gasteiger partial charge in [-0.1, -0.05) is 26.0 Å². The molecule has 2 heteroatoms. The molecule has 0 saturated carbocycles. The topological polar surface area (TPSA) is 23.5 Å². The Bertz CT molecular complexity index is 87.3. The van der Waals surface area contributed by atoms with Crippen LogP contribution in [0.5, 0.6) is 0 Å². The van der Waals surface area contributed by atoms with Gasteiger partial charge in [-0.25, -0.2) is 0 Å². The fraction of sp³-hybridized carbons (Fsp3) is 0.750. The Labute approximate surface area is 63.2 Å². The number of aliphatic hydroxyl groups excluding tert-OH is 1. The van der Waals surface area contributed by atoms with E-state index in [-0.39, 0.29) is 6.61 Å². The van der Waals surface area contributed by atoms with Crippen molar-refractivity contribution in [3.8, 4) is 0 Å². The van der Waals surface area contributed by atoms with Crippen LogP contribution in [0.2, 0.25) is 0 Å². The molecule has 0 amide bonds. The van der Waals surface area contributed by atoms with E-state index in [2.05, 4.69) is 18.7 Å². The molecule has 10 heavy (non-hydrogen) atoms. The highest BCUT2D eigenvalue weighted by Gasteiger charge is 1.92. The number of nitrogens with zero attached hydrogens (tertiary/aromatic N) is 1. The highest BCUT2D eigenvalue weighted by molar-refractivity contribution is 4.83. The maximum Gasteiger partial charge on any atom is 0.0612 e. The van der Waals surface area contributed by atoms with E-state index in [1.165, 1.54) is 0 Å². The van der Waals surface area contributed by atoms with E-state index in [9.17, 15) is 0 Å². The van der Waals surface area contributed by atoms with Crippen molar-refractivity contribution < 1.29 is 5.11 Å². The van der Waals surface area contributed by atoms with E-state index in [4.69, 9.17) is 5.11 Å². The summed E-state index contributed by atoms with van der Waals surface area (Å²) in [5.41, 5.74) is 0. The Morgan fingerprint density at radius 2 is 1.80 bits per heavy atom. The minimum atomic E-state index is 0.154. The molecule has 0 aromatic carbocycles. The Kier molecular flexibility index (Phi) is 6.55. The zero-order valence-electron chi connectivity index (χ0n) is 6.88. The van der Waals surface area contributed by atoms with Crippen LogP contribution in [-0.4, -0.2) is 36.2 Å². The smallest absolute Gasteiger partial charge is 0.0612 e. The zero-order chi connectivity index (χ0) is 7.82. The molecule has 0 heterocycles. The van der Waals surface area contributed by atoms with Gasteiger partial charge in [0.2, 0.25) is 0 Å². The third kappa shape index (κ3) is 4.53. The van der Waals surface area contributed by atoms with Crippen molar-refractivity contribution in [1.29, 1.82) is 0 Å². The highest BCUT2D eigenvalue weighted by atomic mass is 16.2. The molecule has 2 nitrogen and oxygen atoms in total. The molecule has 0 aliphatic rings. The Morgan fingerprint density at radius 3 is 2.20 bits per heavy atom. The van der Waals surface area contributed by atoms with Crippen LogP contribution >= 0.6 is 0 Å². The summed E-state index contributed by atoms with van der Waals surface area (Å²) in [7, 11) is 0. The first-order chi connectivity index (χ1) is 4.85. The summed E-state index contributed by atoms with van der Waals surface area (Å²) in [4.78, 5) is 2.28. The van der Waals surface area contributed by atoms with E-state index < -0.39 is 0 Å². The molecule has 0 aromatic rings. The van der Waals surface area contributed by atoms with E-state index >= 15 is 0 Å². The molecule has 0 atom stereocenters. The summed E-state index contributed by atoms with van der Waals surface area (Å²) in [6.07, 6.45) is 3.77. The Balaban J connectivity index is 3.34. The first-order valence-corrected chi connectivity index (χ1v) is 3.83. The molecule has 0 aromatic heterocycles. The lowest BCUT2D eigenvalue weighted by molar-refractivity contribution is 0.329. The maximum atomic E-state index is 8.42. The van der Waals surface area contributed by atoms with E-state index in [0.29, 0.717) is 0 Å². The van der Waals surface area contributed by atoms with Crippen LogP contribution in [-0.2, 0) is 0 Å². The van der Waals surface area contributed by atoms with Gasteiger partial charge in [-0.15, -0.1) is 0 Å². The van der Waals surface area contributed by atoms with E-state index in [1.54, 1.807) is 6.08 Å². The van der Waals surface area contributed by atoms with Gasteiger partial charge in [-0.05, 0) is 13.1 Å². The third-order valence-corrected chi connectivity index (χ3v) is 1.53. The Morgan fingerprint density at radius 1 is 1.20 bits per heavy atom. The van der Waals surface area contributed by atoms with Gasteiger partial charge >= 0.3 is 0 Å². The van der Waals surface area contributed by atoms with Gasteiger partial charge in [0.05, 0.1) is 6.61 Å². The first-order valence-electron chi connectivity index (χ1n) is 3.83. The molecule has 0 fully saturated rings. The summed E-state index contributed by atoms with van der Waals surface area (Å²) in [6.45, 7) is 7.53. The standard InChI is InChI=1S/C8H17NO/c1-3-9(4-2)7-5-6-8-10/h5-6,10H,3-4,7-8H2,1-2H3. The molecule has 0 unspecified atom stereocenters. The van der Waals surface area contributed by atoms with Crippen molar-refractivity contribution >= 4 is 0 Å². The van der Waals surface area contributed by atoms with Crippen molar-refractivity contribution in [2.45, 2.75) is 13.8 Å². The van der Waals surface area contributed by atoms with Gasteiger partial charge in [-0.2, -0.15) is 0 Å². The van der Waals surface area contributed by atoms with Crippen molar-refractivity contribution in [1.82, 2.24) is 4.90 Å². The fourth-order valence-electron chi connectivity index (χ4n) is 0.780. The van der Waals surface area contributed by atoms with Crippen LogP contribution in [0.25, 0.3) is 0 Å². The average Bonchev–Trinajstić information content (AvgIpc) is 1.99. The van der Waals surface area contributed by atoms with Crippen LogP contribution in [0.15, 0.2) is 12.2 Å². The van der Waals surface area contributed by atoms with Gasteiger partial charge in [0.1, 0.15) is 0 Å². The average molecular weight is 143 g/mol. The number of aliphatic hydroxyl groups is 1. The van der Waals surface area contributed by atoms with E-state index in [1.807, 2.05) is 6.08 Å². The molecule has 0 aliphatic heterocycles. The predicted octanol–water partition coefficient (Wildman–Crippen LogP) is 0.877. The van der Waals surface area contributed by atoms with Gasteiger partial charge < -0.3 is 10.0 Å². The summed E-state index contributed by atoms with van der Waals surface area (Å²) in [5.74, 6) is 0. The normalized spacial score (nSPS) is 11.6. The van der Waals surface area contributed by atoms with Crippen LogP contribution in [0, 0.1) is 0 Å². The molecule has 0 spiro atoms. The molecule has 0 aliphatic carbocycles. The lowest BCUT2D eigenvalue weighted by Gasteiger charge is -2.14. The lowest BCUT2D eigenvalue weighted by atomic mass is 10.4. The highest BCUT2D eigenvalue weighted by Crippen LogP contribution is 1.86. The number of hydrogen-bond acceptors (Lipinski definition) is 2. The van der Waals surface area contributed by atoms with Crippen LogP contribution < -0.4 is 0 Å². The van der Waals surface area contributed by atoms with Crippen LogP contribution in [0.3, 0.4) is 0 Å². The second kappa shape index (κ2) is 6.78. The SMILES string of the molecule is CCN(CC)CC=CCO. The van der Waals surface area contributed by atoms with Gasteiger partial charge in [-0.3, -0.25) is 0 Å². The molecule has 0 saturated heterocycles. The number of hydrogen-bond donors (Lipinski definition) is 1. The number of likely N-dealkylation sites (N-methyl/N-ethyl adjacent to an activating group) is 1. The van der Waals surface area contributed by atoms with Crippen molar-refractivity contribution in [3.63, 3.8) is 0 Å². The van der Waals surface area contributed by atoms with Gasteiger partial charge in [0, 0.05) is 6.54 Å². The van der Waals surface area contributed by atoms with Gasteiger partial charge in [0.25, 0.3) is 0 Å². The minimum absolute atomic E-state index is 0.154. The van der Waals surface area contributed by atoms with Crippen molar-refractivity contribution in [2.24, 2.45) is 0 Å².